The lowest BCUT2D eigenvalue weighted by atomic mass is 10.0. The second-order valence-corrected chi connectivity index (χ2v) is 9.02. The van der Waals surface area contributed by atoms with Crippen molar-refractivity contribution in [2.75, 3.05) is 0 Å². The van der Waals surface area contributed by atoms with E-state index in [1.54, 1.807) is 22.7 Å². The maximum Gasteiger partial charge on any atom is 0.133 e. The van der Waals surface area contributed by atoms with E-state index in [9.17, 15) is 10.5 Å². The summed E-state index contributed by atoms with van der Waals surface area (Å²) in [7, 11) is 0. The van der Waals surface area contributed by atoms with Crippen LogP contribution in [0.3, 0.4) is 0 Å². The van der Waals surface area contributed by atoms with Gasteiger partial charge in [-0.2, -0.15) is 10.5 Å². The molecule has 0 atom stereocenters. The third-order valence-corrected chi connectivity index (χ3v) is 7.45. The fraction of sp³-hybridized carbons (Fsp3) is 0.0400. The normalized spacial score (nSPS) is 14.0. The monoisotopic (exact) mass is 406 g/mol. The van der Waals surface area contributed by atoms with Crippen LogP contribution in [0.5, 0.6) is 0 Å². The van der Waals surface area contributed by atoms with Crippen molar-refractivity contribution in [2.24, 2.45) is 0 Å². The predicted octanol–water partition coefficient (Wildman–Crippen LogP) is 7.07. The van der Waals surface area contributed by atoms with Gasteiger partial charge in [0.25, 0.3) is 0 Å². The number of allylic oxidation sites excluding steroid dienone is 3. The van der Waals surface area contributed by atoms with Crippen LogP contribution < -0.4 is 0 Å². The van der Waals surface area contributed by atoms with Gasteiger partial charge in [-0.1, -0.05) is 42.5 Å². The van der Waals surface area contributed by atoms with E-state index in [0.717, 1.165) is 27.2 Å². The van der Waals surface area contributed by atoms with E-state index in [1.165, 1.54) is 19.8 Å². The van der Waals surface area contributed by atoms with E-state index in [-0.39, 0.29) is 5.57 Å². The summed E-state index contributed by atoms with van der Waals surface area (Å²) in [5.74, 6) is 0. The number of nitriles is 2. The number of hydrogen-bond donors (Lipinski definition) is 0. The van der Waals surface area contributed by atoms with Crippen molar-refractivity contribution in [3.8, 4) is 21.9 Å². The summed E-state index contributed by atoms with van der Waals surface area (Å²) in [6.07, 6.45) is 2.75. The molecule has 0 spiro atoms. The lowest BCUT2D eigenvalue weighted by Crippen LogP contribution is -1.87. The fourth-order valence-electron chi connectivity index (χ4n) is 3.74. The van der Waals surface area contributed by atoms with E-state index < -0.39 is 0 Å². The maximum atomic E-state index is 9.42. The highest BCUT2D eigenvalue weighted by Crippen LogP contribution is 2.42. The SMILES string of the molecule is N#CC(C#N)=C1Cc2ccccc2/C1=C/c1ccc(-c2cc3ccccc3s2)s1. The van der Waals surface area contributed by atoms with Crippen molar-refractivity contribution >= 4 is 44.4 Å². The Balaban J connectivity index is 1.60. The molecule has 2 aromatic carbocycles. The van der Waals surface area contributed by atoms with Gasteiger partial charge in [0.2, 0.25) is 0 Å². The Morgan fingerprint density at radius 1 is 0.862 bits per heavy atom. The zero-order chi connectivity index (χ0) is 19.8. The molecule has 2 heterocycles. The molecule has 2 aromatic heterocycles. The van der Waals surface area contributed by atoms with Crippen LogP contribution in [0.25, 0.3) is 31.5 Å². The first-order valence-corrected chi connectivity index (χ1v) is 10.8. The molecule has 136 valence electrons. The van der Waals surface area contributed by atoms with Crippen LogP contribution >= 0.6 is 22.7 Å². The minimum absolute atomic E-state index is 0.203. The van der Waals surface area contributed by atoms with Gasteiger partial charge in [0.05, 0.1) is 0 Å². The summed E-state index contributed by atoms with van der Waals surface area (Å²) in [6, 6.07) is 27.2. The quantitative estimate of drug-likeness (QED) is 0.334. The largest absolute Gasteiger partial charge is 0.192 e. The van der Waals surface area contributed by atoms with Crippen LogP contribution in [0.4, 0.5) is 0 Å². The fourth-order valence-corrected chi connectivity index (χ4v) is 5.84. The molecule has 1 aliphatic rings. The van der Waals surface area contributed by atoms with E-state index in [4.69, 9.17) is 0 Å². The number of nitrogens with zero attached hydrogens (tertiary/aromatic N) is 2. The highest BCUT2D eigenvalue weighted by Gasteiger charge is 2.24. The van der Waals surface area contributed by atoms with Crippen molar-refractivity contribution in [1.29, 1.82) is 10.5 Å². The number of benzene rings is 2. The first-order valence-electron chi connectivity index (χ1n) is 9.19. The molecule has 0 aliphatic heterocycles. The molecule has 0 bridgehead atoms. The molecule has 0 saturated carbocycles. The van der Waals surface area contributed by atoms with E-state index >= 15 is 0 Å². The number of rotatable bonds is 2. The standard InChI is InChI=1S/C25H14N2S2/c26-14-18(15-27)21-11-16-5-1-3-7-20(16)22(21)13-19-9-10-24(28-19)25-12-17-6-2-4-8-23(17)29-25/h1-10,12-13H,11H2/b22-13-. The lowest BCUT2D eigenvalue weighted by molar-refractivity contribution is 1.25. The average molecular weight is 407 g/mol. The van der Waals surface area contributed by atoms with Crippen LogP contribution in [0.15, 0.2) is 77.9 Å². The van der Waals surface area contributed by atoms with Crippen LogP contribution in [0, 0.1) is 22.7 Å². The van der Waals surface area contributed by atoms with Gasteiger partial charge in [-0.25, -0.2) is 0 Å². The molecule has 4 aromatic rings. The summed E-state index contributed by atoms with van der Waals surface area (Å²) < 4.78 is 1.29. The number of thiophene rings is 2. The molecular formula is C25H14N2S2. The van der Waals surface area contributed by atoms with Crippen LogP contribution in [0.1, 0.15) is 16.0 Å². The van der Waals surface area contributed by atoms with Crippen LogP contribution in [-0.2, 0) is 6.42 Å². The Morgan fingerprint density at radius 2 is 1.66 bits per heavy atom. The first kappa shape index (κ1) is 17.6. The molecule has 2 nitrogen and oxygen atoms in total. The molecule has 0 amide bonds. The van der Waals surface area contributed by atoms with E-state index in [1.807, 2.05) is 12.1 Å². The van der Waals surface area contributed by atoms with E-state index in [2.05, 4.69) is 72.8 Å². The van der Waals surface area contributed by atoms with Crippen molar-refractivity contribution in [3.63, 3.8) is 0 Å². The number of fused-ring (bicyclic) bond motifs is 2. The molecule has 4 heteroatoms. The molecule has 29 heavy (non-hydrogen) atoms. The molecular weight excluding hydrogens is 392 g/mol. The van der Waals surface area contributed by atoms with Crippen molar-refractivity contribution in [2.45, 2.75) is 6.42 Å². The Morgan fingerprint density at radius 3 is 2.48 bits per heavy atom. The van der Waals surface area contributed by atoms with Crippen molar-refractivity contribution < 1.29 is 0 Å². The summed E-state index contributed by atoms with van der Waals surface area (Å²) in [5.41, 5.74) is 4.30. The molecule has 0 fully saturated rings. The number of hydrogen-bond acceptors (Lipinski definition) is 4. The highest BCUT2D eigenvalue weighted by atomic mass is 32.1. The molecule has 5 rings (SSSR count). The maximum absolute atomic E-state index is 9.42. The molecule has 0 unspecified atom stereocenters. The van der Waals surface area contributed by atoms with Crippen LogP contribution in [-0.4, -0.2) is 0 Å². The predicted molar refractivity (Wildman–Crippen MR) is 121 cm³/mol. The van der Waals surface area contributed by atoms with Gasteiger partial charge in [0.1, 0.15) is 17.7 Å². The van der Waals surface area contributed by atoms with E-state index in [0.29, 0.717) is 6.42 Å². The van der Waals surface area contributed by atoms with Gasteiger partial charge in [-0.05, 0) is 58.0 Å². The second kappa shape index (κ2) is 7.18. The van der Waals surface area contributed by atoms with Gasteiger partial charge in [-0.3, -0.25) is 0 Å². The molecule has 0 N–H and O–H groups in total. The Kier molecular flexibility index (Phi) is 4.37. The zero-order valence-corrected chi connectivity index (χ0v) is 17.0. The van der Waals surface area contributed by atoms with Crippen molar-refractivity contribution in [3.05, 3.63) is 93.9 Å². The Bertz CT molecular complexity index is 1350. The Labute approximate surface area is 176 Å². The zero-order valence-electron chi connectivity index (χ0n) is 15.3. The van der Waals surface area contributed by atoms with Crippen molar-refractivity contribution in [1.82, 2.24) is 0 Å². The van der Waals surface area contributed by atoms with Gasteiger partial charge < -0.3 is 0 Å². The van der Waals surface area contributed by atoms with Gasteiger partial charge in [0.15, 0.2) is 0 Å². The summed E-state index contributed by atoms with van der Waals surface area (Å²) in [5, 5.41) is 20.1. The molecule has 0 saturated heterocycles. The first-order chi connectivity index (χ1) is 14.3. The van der Waals surface area contributed by atoms with Crippen LogP contribution in [0.2, 0.25) is 0 Å². The summed E-state index contributed by atoms with van der Waals surface area (Å²) in [4.78, 5) is 3.62. The Hall–Kier alpha value is -3.44. The minimum Gasteiger partial charge on any atom is -0.192 e. The lowest BCUT2D eigenvalue weighted by Gasteiger charge is -2.02. The van der Waals surface area contributed by atoms with Gasteiger partial charge in [-0.15, -0.1) is 22.7 Å². The minimum atomic E-state index is 0.203. The third-order valence-electron chi connectivity index (χ3n) is 5.11. The average Bonchev–Trinajstić information content (AvgIpc) is 3.47. The highest BCUT2D eigenvalue weighted by molar-refractivity contribution is 7.26. The second-order valence-electron chi connectivity index (χ2n) is 6.82. The third kappa shape index (κ3) is 3.09. The topological polar surface area (TPSA) is 47.6 Å². The summed E-state index contributed by atoms with van der Waals surface area (Å²) in [6.45, 7) is 0. The summed E-state index contributed by atoms with van der Waals surface area (Å²) >= 11 is 3.54. The molecule has 1 aliphatic carbocycles. The molecule has 0 radical (unpaired) electrons. The van der Waals surface area contributed by atoms with Gasteiger partial charge in [0, 0.05) is 25.8 Å². The van der Waals surface area contributed by atoms with Gasteiger partial charge >= 0.3 is 0 Å². The smallest absolute Gasteiger partial charge is 0.133 e.